The molecule has 3 aromatic rings. The highest BCUT2D eigenvalue weighted by Crippen LogP contribution is 2.33. The van der Waals surface area contributed by atoms with Crippen LogP contribution in [-0.2, 0) is 20.8 Å². The lowest BCUT2D eigenvalue weighted by Crippen LogP contribution is -2.33. The summed E-state index contributed by atoms with van der Waals surface area (Å²) in [5.74, 6) is -0.0862. The van der Waals surface area contributed by atoms with E-state index in [-0.39, 0.29) is 11.7 Å². The lowest BCUT2D eigenvalue weighted by molar-refractivity contribution is -0.119. The molecule has 0 bridgehead atoms. The van der Waals surface area contributed by atoms with Gasteiger partial charge in [-0.2, -0.15) is 0 Å². The fourth-order valence-corrected chi connectivity index (χ4v) is 4.17. The minimum atomic E-state index is -0.275. The van der Waals surface area contributed by atoms with Gasteiger partial charge in [0.2, 0.25) is 5.76 Å². The van der Waals surface area contributed by atoms with Gasteiger partial charge in [0.05, 0.1) is 16.8 Å². The van der Waals surface area contributed by atoms with Crippen LogP contribution in [0.2, 0.25) is 0 Å². The van der Waals surface area contributed by atoms with Gasteiger partial charge in [-0.3, -0.25) is 14.7 Å². The number of pyridine rings is 1. The van der Waals surface area contributed by atoms with Gasteiger partial charge >= 0.3 is 0 Å². The second kappa shape index (κ2) is 7.98. The van der Waals surface area contributed by atoms with Gasteiger partial charge in [0.25, 0.3) is 5.91 Å². The Kier molecular flexibility index (Phi) is 5.26. The van der Waals surface area contributed by atoms with E-state index in [1.807, 2.05) is 30.5 Å². The van der Waals surface area contributed by atoms with Gasteiger partial charge in [-0.05, 0) is 36.1 Å². The van der Waals surface area contributed by atoms with Crippen LogP contribution < -0.4 is 4.90 Å². The van der Waals surface area contributed by atoms with Crippen molar-refractivity contribution in [1.29, 1.82) is 0 Å². The minimum Gasteiger partial charge on any atom is -0.494 e. The molecular formula is C19H17N3O3S2. The molecule has 0 N–H and O–H groups in total. The Balaban J connectivity index is 1.72. The number of fused-ring (bicyclic) bond motifs is 1. The summed E-state index contributed by atoms with van der Waals surface area (Å²) in [6, 6.07) is 9.88. The Labute approximate surface area is 164 Å². The van der Waals surface area contributed by atoms with E-state index in [2.05, 4.69) is 16.0 Å². The normalized spacial score (nSPS) is 13.6. The molecule has 0 aliphatic carbocycles. The lowest BCUT2D eigenvalue weighted by Gasteiger charge is -2.23. The van der Waals surface area contributed by atoms with Crippen LogP contribution in [0.1, 0.15) is 5.56 Å². The average Bonchev–Trinajstić information content (AvgIpc) is 3.15. The summed E-state index contributed by atoms with van der Waals surface area (Å²) in [4.78, 5) is 24.7. The second-order valence-electron chi connectivity index (χ2n) is 5.78. The van der Waals surface area contributed by atoms with Gasteiger partial charge in [-0.15, -0.1) is 11.8 Å². The van der Waals surface area contributed by atoms with Crippen molar-refractivity contribution in [2.45, 2.75) is 11.4 Å². The number of ether oxygens (including phenoxy) is 2. The molecule has 0 radical (unpaired) electrons. The molecule has 0 saturated heterocycles. The monoisotopic (exact) mass is 399 g/mol. The highest BCUT2D eigenvalue weighted by atomic mass is 32.2. The van der Waals surface area contributed by atoms with Crippen LogP contribution in [0.3, 0.4) is 0 Å². The quantitative estimate of drug-likeness (QED) is 0.608. The zero-order chi connectivity index (χ0) is 18.6. The number of benzene rings is 1. The number of anilines is 1. The molecule has 0 saturated carbocycles. The van der Waals surface area contributed by atoms with Gasteiger partial charge in [0, 0.05) is 17.3 Å². The molecule has 8 heteroatoms. The minimum absolute atomic E-state index is 0.189. The van der Waals surface area contributed by atoms with Crippen molar-refractivity contribution in [3.05, 3.63) is 60.3 Å². The molecular weight excluding hydrogens is 382 g/mol. The van der Waals surface area contributed by atoms with Crippen molar-refractivity contribution in [1.82, 2.24) is 9.97 Å². The first-order chi connectivity index (χ1) is 13.2. The number of amides is 1. The van der Waals surface area contributed by atoms with Crippen molar-refractivity contribution < 1.29 is 14.3 Å². The average molecular weight is 399 g/mol. The summed E-state index contributed by atoms with van der Waals surface area (Å²) in [5, 5.41) is 0.618. The molecule has 0 unspecified atom stereocenters. The Bertz CT molecular complexity index is 988. The van der Waals surface area contributed by atoms with Crippen LogP contribution in [0.25, 0.3) is 10.2 Å². The number of rotatable bonds is 5. The molecule has 1 aliphatic heterocycles. The fraction of sp³-hybridized carbons (Fsp3) is 0.211. The third-order valence-electron chi connectivity index (χ3n) is 3.98. The Morgan fingerprint density at radius 3 is 3.00 bits per heavy atom. The number of thiazole rings is 1. The smallest absolute Gasteiger partial charge is 0.298 e. The maximum atomic E-state index is 13.1. The van der Waals surface area contributed by atoms with Gasteiger partial charge in [-0.1, -0.05) is 17.4 Å². The SMILES string of the molecule is CSc1ccc2nc(N(Cc3cccnc3)C(=O)C3=COCCO3)sc2c1. The first-order valence-electron chi connectivity index (χ1n) is 8.34. The predicted molar refractivity (Wildman–Crippen MR) is 107 cm³/mol. The lowest BCUT2D eigenvalue weighted by atomic mass is 10.2. The van der Waals surface area contributed by atoms with Crippen molar-refractivity contribution >= 4 is 44.4 Å². The third kappa shape index (κ3) is 3.91. The number of hydrogen-bond acceptors (Lipinski definition) is 7. The zero-order valence-electron chi connectivity index (χ0n) is 14.6. The van der Waals surface area contributed by atoms with Crippen molar-refractivity contribution in [2.24, 2.45) is 0 Å². The van der Waals surface area contributed by atoms with E-state index in [1.54, 1.807) is 29.1 Å². The standard InChI is InChI=1S/C19H17N3O3S2/c1-26-14-4-5-15-17(9-14)27-19(21-15)22(11-13-3-2-6-20-10-13)18(23)16-12-24-7-8-25-16/h2-6,9-10,12H,7-8,11H2,1H3. The predicted octanol–water partition coefficient (Wildman–Crippen LogP) is 3.83. The number of carbonyl (C=O) groups is 1. The van der Waals surface area contributed by atoms with E-state index >= 15 is 0 Å². The Morgan fingerprint density at radius 1 is 1.33 bits per heavy atom. The summed E-state index contributed by atoms with van der Waals surface area (Å²) < 4.78 is 11.8. The summed E-state index contributed by atoms with van der Waals surface area (Å²) in [5.41, 5.74) is 1.78. The van der Waals surface area contributed by atoms with Gasteiger partial charge in [0.15, 0.2) is 5.13 Å². The zero-order valence-corrected chi connectivity index (χ0v) is 16.3. The first kappa shape index (κ1) is 17.8. The highest BCUT2D eigenvalue weighted by molar-refractivity contribution is 7.98. The summed E-state index contributed by atoms with van der Waals surface area (Å²) in [6.45, 7) is 1.15. The van der Waals surface area contributed by atoms with Crippen LogP contribution >= 0.6 is 23.1 Å². The molecule has 2 aromatic heterocycles. The molecule has 4 rings (SSSR count). The van der Waals surface area contributed by atoms with E-state index in [0.29, 0.717) is 24.9 Å². The van der Waals surface area contributed by atoms with Gasteiger partial charge in [-0.25, -0.2) is 4.98 Å². The van der Waals surface area contributed by atoms with E-state index in [1.165, 1.54) is 17.6 Å². The second-order valence-corrected chi connectivity index (χ2v) is 7.67. The number of carbonyl (C=O) groups excluding carboxylic acids is 1. The Morgan fingerprint density at radius 2 is 2.26 bits per heavy atom. The molecule has 1 amide bonds. The van der Waals surface area contributed by atoms with Crippen LogP contribution in [0.4, 0.5) is 5.13 Å². The largest absolute Gasteiger partial charge is 0.494 e. The summed E-state index contributed by atoms with van der Waals surface area (Å²) >= 11 is 3.16. The topological polar surface area (TPSA) is 64.6 Å². The van der Waals surface area contributed by atoms with Crippen molar-refractivity contribution in [2.75, 3.05) is 24.4 Å². The molecule has 0 atom stereocenters. The summed E-state index contributed by atoms with van der Waals surface area (Å²) in [6.07, 6.45) is 6.86. The van der Waals surface area contributed by atoms with Crippen LogP contribution in [0.15, 0.2) is 59.6 Å². The van der Waals surface area contributed by atoms with Crippen molar-refractivity contribution in [3.63, 3.8) is 0 Å². The van der Waals surface area contributed by atoms with E-state index in [0.717, 1.165) is 20.7 Å². The number of thioether (sulfide) groups is 1. The fourth-order valence-electron chi connectivity index (χ4n) is 2.65. The number of aromatic nitrogens is 2. The summed E-state index contributed by atoms with van der Waals surface area (Å²) in [7, 11) is 0. The number of nitrogens with zero attached hydrogens (tertiary/aromatic N) is 3. The van der Waals surface area contributed by atoms with Gasteiger partial charge in [0.1, 0.15) is 19.5 Å². The molecule has 138 valence electrons. The van der Waals surface area contributed by atoms with Crippen LogP contribution in [-0.4, -0.2) is 35.3 Å². The van der Waals surface area contributed by atoms with E-state index in [4.69, 9.17) is 9.47 Å². The molecule has 27 heavy (non-hydrogen) atoms. The highest BCUT2D eigenvalue weighted by Gasteiger charge is 2.26. The Hall–Kier alpha value is -2.58. The maximum Gasteiger partial charge on any atom is 0.298 e. The van der Waals surface area contributed by atoms with Gasteiger partial charge < -0.3 is 9.47 Å². The first-order valence-corrected chi connectivity index (χ1v) is 10.4. The van der Waals surface area contributed by atoms with E-state index in [9.17, 15) is 4.79 Å². The van der Waals surface area contributed by atoms with Crippen molar-refractivity contribution in [3.8, 4) is 0 Å². The van der Waals surface area contributed by atoms with Crippen LogP contribution in [0, 0.1) is 0 Å². The van der Waals surface area contributed by atoms with E-state index < -0.39 is 0 Å². The molecule has 1 aliphatic rings. The number of hydrogen-bond donors (Lipinski definition) is 0. The third-order valence-corrected chi connectivity index (χ3v) is 5.75. The molecule has 3 heterocycles. The molecule has 6 nitrogen and oxygen atoms in total. The molecule has 1 aromatic carbocycles. The molecule has 0 fully saturated rings. The molecule has 0 spiro atoms. The maximum absolute atomic E-state index is 13.1. The van der Waals surface area contributed by atoms with Crippen LogP contribution in [0.5, 0.6) is 0 Å².